The van der Waals surface area contributed by atoms with Crippen LogP contribution in [0, 0.1) is 0 Å². The summed E-state index contributed by atoms with van der Waals surface area (Å²) in [6.07, 6.45) is 3.97. The summed E-state index contributed by atoms with van der Waals surface area (Å²) in [5.41, 5.74) is 6.32. The van der Waals surface area contributed by atoms with Crippen LogP contribution in [0.5, 0.6) is 0 Å². The maximum atomic E-state index is 12.1. The predicted molar refractivity (Wildman–Crippen MR) is 63.0 cm³/mol. The summed E-state index contributed by atoms with van der Waals surface area (Å²) in [6, 6.07) is 2.17. The molecule has 1 amide bonds. The smallest absolute Gasteiger partial charge is 0.266 e. The lowest BCUT2D eigenvalue weighted by atomic mass is 10.3. The average molecular weight is 222 g/mol. The van der Waals surface area contributed by atoms with Gasteiger partial charge in [-0.2, -0.15) is 0 Å². The first kappa shape index (κ1) is 10.2. The van der Waals surface area contributed by atoms with Gasteiger partial charge in [-0.1, -0.05) is 6.08 Å². The summed E-state index contributed by atoms with van der Waals surface area (Å²) in [5.74, 6) is 0.0462. The molecule has 80 valence electrons. The Balaban J connectivity index is 2.17. The molecular weight excluding hydrogens is 208 g/mol. The van der Waals surface area contributed by atoms with Gasteiger partial charge >= 0.3 is 0 Å². The van der Waals surface area contributed by atoms with Crippen LogP contribution in [0.15, 0.2) is 24.1 Å². The molecule has 3 nitrogen and oxygen atoms in total. The number of carbonyl (C=O) groups is 1. The highest BCUT2D eigenvalue weighted by Crippen LogP contribution is 2.30. The highest BCUT2D eigenvalue weighted by Gasteiger charge is 2.33. The molecule has 0 bridgehead atoms. The van der Waals surface area contributed by atoms with Crippen molar-refractivity contribution >= 4 is 22.9 Å². The van der Waals surface area contributed by atoms with Crippen molar-refractivity contribution in [3.8, 4) is 0 Å². The molecule has 2 N–H and O–H groups in total. The van der Waals surface area contributed by atoms with E-state index >= 15 is 0 Å². The number of hydrogen-bond donors (Lipinski definition) is 1. The number of anilines is 1. The number of rotatable bonds is 4. The standard InChI is InChI=1S/C11H14N2OS/c1-2-6-13(8-3-4-8)11(14)10-9(12)5-7-15-10/h2,5,7-8H,1,3-4,6,12H2. The van der Waals surface area contributed by atoms with E-state index in [9.17, 15) is 4.79 Å². The number of carbonyl (C=O) groups excluding carboxylic acids is 1. The zero-order valence-electron chi connectivity index (χ0n) is 8.48. The molecule has 15 heavy (non-hydrogen) atoms. The Bertz CT molecular complexity index is 382. The van der Waals surface area contributed by atoms with Crippen LogP contribution in [-0.2, 0) is 0 Å². The predicted octanol–water partition coefficient (Wildman–Crippen LogP) is 2.12. The lowest BCUT2D eigenvalue weighted by molar-refractivity contribution is 0.0768. The summed E-state index contributed by atoms with van der Waals surface area (Å²) < 4.78 is 0. The Kier molecular flexibility index (Phi) is 2.77. The van der Waals surface area contributed by atoms with Crippen molar-refractivity contribution < 1.29 is 4.79 Å². The van der Waals surface area contributed by atoms with Crippen molar-refractivity contribution in [1.29, 1.82) is 0 Å². The van der Waals surface area contributed by atoms with Gasteiger partial charge < -0.3 is 10.6 Å². The molecule has 1 heterocycles. The van der Waals surface area contributed by atoms with Crippen LogP contribution < -0.4 is 5.73 Å². The average Bonchev–Trinajstić information content (AvgIpc) is 2.97. The van der Waals surface area contributed by atoms with E-state index in [1.54, 1.807) is 12.1 Å². The molecule has 0 radical (unpaired) electrons. The Morgan fingerprint density at radius 2 is 2.47 bits per heavy atom. The number of amides is 1. The molecule has 1 aliphatic rings. The molecule has 1 aliphatic carbocycles. The number of nitrogens with zero attached hydrogens (tertiary/aromatic N) is 1. The van der Waals surface area contributed by atoms with E-state index in [1.165, 1.54) is 11.3 Å². The number of nitrogens with two attached hydrogens (primary N) is 1. The summed E-state index contributed by atoms with van der Waals surface area (Å²) in [7, 11) is 0. The van der Waals surface area contributed by atoms with Crippen LogP contribution >= 0.6 is 11.3 Å². The highest BCUT2D eigenvalue weighted by molar-refractivity contribution is 7.12. The van der Waals surface area contributed by atoms with Gasteiger partial charge in [-0.15, -0.1) is 17.9 Å². The summed E-state index contributed by atoms with van der Waals surface area (Å²) >= 11 is 1.41. The number of hydrogen-bond acceptors (Lipinski definition) is 3. The molecular formula is C11H14N2OS. The summed E-state index contributed by atoms with van der Waals surface area (Å²) in [5, 5.41) is 1.85. The van der Waals surface area contributed by atoms with E-state index in [2.05, 4.69) is 6.58 Å². The van der Waals surface area contributed by atoms with Gasteiger partial charge in [0.2, 0.25) is 0 Å². The van der Waals surface area contributed by atoms with Gasteiger partial charge in [-0.25, -0.2) is 0 Å². The highest BCUT2D eigenvalue weighted by atomic mass is 32.1. The minimum Gasteiger partial charge on any atom is -0.397 e. The monoisotopic (exact) mass is 222 g/mol. The molecule has 0 spiro atoms. The third kappa shape index (κ3) is 2.04. The zero-order valence-corrected chi connectivity index (χ0v) is 9.30. The minimum absolute atomic E-state index is 0.0462. The largest absolute Gasteiger partial charge is 0.397 e. The van der Waals surface area contributed by atoms with Crippen molar-refractivity contribution in [3.63, 3.8) is 0 Å². The van der Waals surface area contributed by atoms with Gasteiger partial charge in [-0.05, 0) is 24.3 Å². The van der Waals surface area contributed by atoms with Crippen LogP contribution in [0.2, 0.25) is 0 Å². The first-order valence-corrected chi connectivity index (χ1v) is 5.87. The van der Waals surface area contributed by atoms with Crippen molar-refractivity contribution in [1.82, 2.24) is 4.90 Å². The first-order chi connectivity index (χ1) is 7.24. The zero-order chi connectivity index (χ0) is 10.8. The normalized spacial score (nSPS) is 14.9. The Labute approximate surface area is 93.2 Å². The minimum atomic E-state index is 0.0462. The topological polar surface area (TPSA) is 46.3 Å². The molecule has 0 aliphatic heterocycles. The molecule has 0 atom stereocenters. The number of nitrogen functional groups attached to an aromatic ring is 1. The van der Waals surface area contributed by atoms with Crippen molar-refractivity contribution in [2.24, 2.45) is 0 Å². The van der Waals surface area contributed by atoms with E-state index in [-0.39, 0.29) is 5.91 Å². The Morgan fingerprint density at radius 3 is 2.93 bits per heavy atom. The van der Waals surface area contributed by atoms with Gasteiger partial charge in [0.1, 0.15) is 4.88 Å². The molecule has 1 saturated carbocycles. The third-order valence-electron chi connectivity index (χ3n) is 2.46. The molecule has 1 aromatic heterocycles. The maximum Gasteiger partial charge on any atom is 0.266 e. The number of thiophene rings is 1. The summed E-state index contributed by atoms with van der Waals surface area (Å²) in [4.78, 5) is 14.6. The molecule has 0 saturated heterocycles. The maximum absolute atomic E-state index is 12.1. The van der Waals surface area contributed by atoms with Gasteiger partial charge in [-0.3, -0.25) is 4.79 Å². The van der Waals surface area contributed by atoms with Crippen LogP contribution in [0.25, 0.3) is 0 Å². The second-order valence-corrected chi connectivity index (χ2v) is 4.60. The van der Waals surface area contributed by atoms with Crippen molar-refractivity contribution in [2.75, 3.05) is 12.3 Å². The lowest BCUT2D eigenvalue weighted by Gasteiger charge is -2.19. The van der Waals surface area contributed by atoms with Gasteiger partial charge in [0.25, 0.3) is 5.91 Å². The summed E-state index contributed by atoms with van der Waals surface area (Å²) in [6.45, 7) is 4.29. The third-order valence-corrected chi connectivity index (χ3v) is 3.38. The fourth-order valence-corrected chi connectivity index (χ4v) is 2.32. The van der Waals surface area contributed by atoms with Gasteiger partial charge in [0, 0.05) is 12.6 Å². The SMILES string of the molecule is C=CCN(C(=O)c1sccc1N)C1CC1. The van der Waals surface area contributed by atoms with E-state index in [0.717, 1.165) is 12.8 Å². The van der Waals surface area contributed by atoms with E-state index < -0.39 is 0 Å². The van der Waals surface area contributed by atoms with Crippen LogP contribution in [0.3, 0.4) is 0 Å². The van der Waals surface area contributed by atoms with Crippen molar-refractivity contribution in [2.45, 2.75) is 18.9 Å². The Morgan fingerprint density at radius 1 is 1.73 bits per heavy atom. The fraction of sp³-hybridized carbons (Fsp3) is 0.364. The van der Waals surface area contributed by atoms with E-state index in [1.807, 2.05) is 10.3 Å². The second kappa shape index (κ2) is 4.06. The van der Waals surface area contributed by atoms with Gasteiger partial charge in [0.05, 0.1) is 5.69 Å². The molecule has 2 rings (SSSR count). The van der Waals surface area contributed by atoms with Crippen LogP contribution in [0.1, 0.15) is 22.5 Å². The van der Waals surface area contributed by atoms with E-state index in [0.29, 0.717) is 23.2 Å². The molecule has 0 unspecified atom stereocenters. The molecule has 4 heteroatoms. The first-order valence-electron chi connectivity index (χ1n) is 4.99. The van der Waals surface area contributed by atoms with E-state index in [4.69, 9.17) is 5.73 Å². The molecule has 0 aromatic carbocycles. The van der Waals surface area contributed by atoms with Crippen molar-refractivity contribution in [3.05, 3.63) is 29.0 Å². The van der Waals surface area contributed by atoms with Gasteiger partial charge in [0.15, 0.2) is 0 Å². The van der Waals surface area contributed by atoms with Crippen LogP contribution in [0.4, 0.5) is 5.69 Å². The quantitative estimate of drug-likeness (QED) is 0.793. The van der Waals surface area contributed by atoms with Crippen LogP contribution in [-0.4, -0.2) is 23.4 Å². The molecule has 1 aromatic rings. The fourth-order valence-electron chi connectivity index (χ4n) is 1.55. The second-order valence-electron chi connectivity index (χ2n) is 3.68. The lowest BCUT2D eigenvalue weighted by Crippen LogP contribution is -2.33. The Hall–Kier alpha value is -1.29. The molecule has 1 fully saturated rings.